The summed E-state index contributed by atoms with van der Waals surface area (Å²) in [6, 6.07) is 94.1. The molecule has 0 fully saturated rings. The zero-order valence-corrected chi connectivity index (χ0v) is 35.7. The lowest BCUT2D eigenvalue weighted by Gasteiger charge is -2.33. The van der Waals surface area contributed by atoms with E-state index in [-0.39, 0.29) is 0 Å². The molecule has 0 saturated carbocycles. The van der Waals surface area contributed by atoms with Crippen molar-refractivity contribution in [3.8, 4) is 50.6 Å². The van der Waals surface area contributed by atoms with Crippen molar-refractivity contribution in [1.29, 1.82) is 0 Å². The molecule has 0 unspecified atom stereocenters. The second-order valence-corrected chi connectivity index (χ2v) is 16.7. The van der Waals surface area contributed by atoms with Gasteiger partial charge in [-0.15, -0.1) is 0 Å². The maximum atomic E-state index is 5.58. The molecule has 3 heteroatoms. The molecule has 11 aromatic rings. The monoisotopic (exact) mass is 829 g/mol. The predicted octanol–water partition coefficient (Wildman–Crippen LogP) is 15.9. The van der Waals surface area contributed by atoms with E-state index in [0.29, 0.717) is 0 Å². The Morgan fingerprint density at radius 1 is 0.369 bits per heavy atom. The van der Waals surface area contributed by atoms with Crippen molar-refractivity contribution in [3.05, 3.63) is 283 Å². The van der Waals surface area contributed by atoms with Crippen molar-refractivity contribution in [2.75, 3.05) is 4.90 Å². The van der Waals surface area contributed by atoms with Crippen LogP contribution in [0, 0.1) is 0 Å². The number of hydrogen-bond donors (Lipinski definition) is 0. The average molecular weight is 830 g/mol. The van der Waals surface area contributed by atoms with Gasteiger partial charge in [0, 0.05) is 39.1 Å². The summed E-state index contributed by atoms with van der Waals surface area (Å²) in [6.45, 7) is 0. The first-order valence-electron chi connectivity index (χ1n) is 22.3. The molecule has 0 spiro atoms. The number of benzene rings is 9. The second-order valence-electron chi connectivity index (χ2n) is 16.7. The molecule has 0 saturated heterocycles. The molecule has 0 N–H and O–H groups in total. The number of rotatable bonds is 9. The second kappa shape index (κ2) is 16.0. The first-order valence-corrected chi connectivity index (χ1v) is 22.3. The summed E-state index contributed by atoms with van der Waals surface area (Å²) < 4.78 is 2.44. The zero-order chi connectivity index (χ0) is 43.2. The van der Waals surface area contributed by atoms with Gasteiger partial charge in [-0.2, -0.15) is 0 Å². The van der Waals surface area contributed by atoms with Gasteiger partial charge in [-0.3, -0.25) is 4.57 Å². The molecule has 65 heavy (non-hydrogen) atoms. The molecule has 0 atom stereocenters. The fourth-order valence-electron chi connectivity index (χ4n) is 10.2. The highest BCUT2D eigenvalue weighted by molar-refractivity contribution is 6.03. The Kier molecular flexibility index (Phi) is 9.39. The van der Waals surface area contributed by atoms with Crippen molar-refractivity contribution >= 4 is 28.0 Å². The third-order valence-corrected chi connectivity index (χ3v) is 13.0. The molecule has 0 bridgehead atoms. The Bertz CT molecular complexity index is 3300. The molecule has 3 nitrogen and oxygen atoms in total. The number of hydrogen-bond acceptors (Lipinski definition) is 2. The van der Waals surface area contributed by atoms with Gasteiger partial charge < -0.3 is 4.90 Å². The fraction of sp³-hybridized carbons (Fsp3) is 0.0161. The van der Waals surface area contributed by atoms with E-state index in [0.717, 1.165) is 67.6 Å². The van der Waals surface area contributed by atoms with Crippen LogP contribution in [0.25, 0.3) is 61.5 Å². The van der Waals surface area contributed by atoms with E-state index in [1.54, 1.807) is 0 Å². The third kappa shape index (κ3) is 6.40. The summed E-state index contributed by atoms with van der Waals surface area (Å²) >= 11 is 0. The maximum Gasteiger partial charge on any atom is 0.138 e. The average Bonchev–Trinajstić information content (AvgIpc) is 3.89. The molecular weight excluding hydrogens is 787 g/mol. The zero-order valence-electron chi connectivity index (χ0n) is 35.7. The van der Waals surface area contributed by atoms with Crippen LogP contribution in [0.3, 0.4) is 0 Å². The summed E-state index contributed by atoms with van der Waals surface area (Å²) in [5.41, 5.74) is 17.7. The molecule has 9 aromatic carbocycles. The van der Waals surface area contributed by atoms with Gasteiger partial charge in [-0.1, -0.05) is 200 Å². The Labute approximate surface area is 379 Å². The number of anilines is 3. The third-order valence-electron chi connectivity index (χ3n) is 13.0. The quantitative estimate of drug-likeness (QED) is 0.144. The molecule has 2 aromatic heterocycles. The van der Waals surface area contributed by atoms with Crippen LogP contribution in [0.5, 0.6) is 0 Å². The van der Waals surface area contributed by atoms with Gasteiger partial charge in [-0.25, -0.2) is 4.98 Å². The van der Waals surface area contributed by atoms with E-state index in [1.165, 1.54) is 33.2 Å². The smallest absolute Gasteiger partial charge is 0.138 e. The molecule has 1 aliphatic carbocycles. The number of pyridine rings is 1. The number of aromatic nitrogens is 2. The van der Waals surface area contributed by atoms with Crippen LogP contribution in [-0.4, -0.2) is 9.55 Å². The SMILES string of the molecule is c1ccc(-c2cc(-c3ccccc3)nc(-n3c4c(c5cc(-c6ccc(N(c7ccccc7)c7ccccc7)cc6)ccc53)C(c3ccccc3)(c3ccccc3)c3ccccc3-4)c2)cc1. The first-order chi connectivity index (χ1) is 32.3. The van der Waals surface area contributed by atoms with Crippen LogP contribution in [0.1, 0.15) is 22.3 Å². The van der Waals surface area contributed by atoms with Crippen LogP contribution < -0.4 is 4.90 Å². The van der Waals surface area contributed by atoms with Gasteiger partial charge in [0.1, 0.15) is 5.82 Å². The lowest BCUT2D eigenvalue weighted by atomic mass is 9.67. The summed E-state index contributed by atoms with van der Waals surface area (Å²) in [5.74, 6) is 0.877. The normalized spacial score (nSPS) is 12.4. The Balaban J connectivity index is 1.14. The van der Waals surface area contributed by atoms with E-state index < -0.39 is 5.41 Å². The van der Waals surface area contributed by atoms with Crippen LogP contribution >= 0.6 is 0 Å². The Hall–Kier alpha value is -8.53. The van der Waals surface area contributed by atoms with E-state index in [2.05, 4.69) is 270 Å². The largest absolute Gasteiger partial charge is 0.311 e. The van der Waals surface area contributed by atoms with Gasteiger partial charge in [0.25, 0.3) is 0 Å². The Morgan fingerprint density at radius 3 is 1.45 bits per heavy atom. The van der Waals surface area contributed by atoms with Crippen molar-refractivity contribution in [2.45, 2.75) is 5.41 Å². The van der Waals surface area contributed by atoms with E-state index >= 15 is 0 Å². The lowest BCUT2D eigenvalue weighted by molar-refractivity contribution is 0.775. The molecule has 1 aliphatic rings. The van der Waals surface area contributed by atoms with E-state index in [9.17, 15) is 0 Å². The van der Waals surface area contributed by atoms with Crippen LogP contribution in [-0.2, 0) is 5.41 Å². The number of nitrogens with zero attached hydrogens (tertiary/aromatic N) is 3. The highest BCUT2D eigenvalue weighted by atomic mass is 15.1. The molecule has 0 amide bonds. The summed E-state index contributed by atoms with van der Waals surface area (Å²) in [4.78, 5) is 7.89. The number of fused-ring (bicyclic) bond motifs is 5. The van der Waals surface area contributed by atoms with Crippen LogP contribution in [0.15, 0.2) is 261 Å². The first kappa shape index (κ1) is 38.2. The van der Waals surface area contributed by atoms with Crippen LogP contribution in [0.2, 0.25) is 0 Å². The van der Waals surface area contributed by atoms with Gasteiger partial charge in [0.2, 0.25) is 0 Å². The topological polar surface area (TPSA) is 21.1 Å². The summed E-state index contributed by atoms with van der Waals surface area (Å²) in [6.07, 6.45) is 0. The maximum absolute atomic E-state index is 5.58. The molecule has 0 aliphatic heterocycles. The minimum Gasteiger partial charge on any atom is -0.311 e. The molecule has 306 valence electrons. The molecular formula is C62H43N3. The Morgan fingerprint density at radius 2 is 0.846 bits per heavy atom. The minimum absolute atomic E-state index is 0.619. The van der Waals surface area contributed by atoms with Gasteiger partial charge in [0.15, 0.2) is 0 Å². The van der Waals surface area contributed by atoms with Crippen molar-refractivity contribution in [3.63, 3.8) is 0 Å². The van der Waals surface area contributed by atoms with Gasteiger partial charge in [-0.05, 0) is 99.6 Å². The van der Waals surface area contributed by atoms with Gasteiger partial charge >= 0.3 is 0 Å². The van der Waals surface area contributed by atoms with Gasteiger partial charge in [0.05, 0.1) is 22.3 Å². The standard InChI is InChI=1S/C62H43N3/c1-7-21-44(22-8-1)48-42-57(46-23-9-2-10-24-46)63-59(43-48)65-58-40-37-47(45-35-38-53(39-36-45)64(51-29-15-5-16-30-51)52-31-17-6-18-32-52)41-55(58)60-61(65)54-33-19-20-34-56(54)62(60,49-25-11-3-12-26-49)50-27-13-4-14-28-50/h1-43H. The minimum atomic E-state index is -0.619. The highest BCUT2D eigenvalue weighted by Crippen LogP contribution is 2.60. The van der Waals surface area contributed by atoms with E-state index in [1.807, 2.05) is 0 Å². The highest BCUT2D eigenvalue weighted by Gasteiger charge is 2.49. The predicted molar refractivity (Wildman–Crippen MR) is 269 cm³/mol. The van der Waals surface area contributed by atoms with Crippen LogP contribution in [0.4, 0.5) is 17.1 Å². The molecule has 0 radical (unpaired) electrons. The summed E-state index contributed by atoms with van der Waals surface area (Å²) in [7, 11) is 0. The lowest BCUT2D eigenvalue weighted by Crippen LogP contribution is -2.28. The fourth-order valence-corrected chi connectivity index (χ4v) is 10.2. The van der Waals surface area contributed by atoms with E-state index in [4.69, 9.17) is 4.98 Å². The molecule has 12 rings (SSSR count). The summed E-state index contributed by atoms with van der Waals surface area (Å²) in [5, 5.41) is 1.19. The molecule has 2 heterocycles. The van der Waals surface area contributed by atoms with Crippen molar-refractivity contribution < 1.29 is 0 Å². The van der Waals surface area contributed by atoms with Crippen molar-refractivity contribution in [1.82, 2.24) is 9.55 Å². The van der Waals surface area contributed by atoms with Crippen molar-refractivity contribution in [2.24, 2.45) is 0 Å². The number of para-hydroxylation sites is 2.